The summed E-state index contributed by atoms with van der Waals surface area (Å²) < 4.78 is 39.9. The van der Waals surface area contributed by atoms with Gasteiger partial charge in [0.15, 0.2) is 0 Å². The number of amides is 1. The molecule has 1 aliphatic carbocycles. The number of nitrogens with zero attached hydrogens (tertiary/aromatic N) is 1. The Hall–Kier alpha value is -1.66. The minimum absolute atomic E-state index is 0.0564. The quantitative estimate of drug-likeness (QED) is 0.890. The standard InChI is InChI=1S/C12H16F3N3O/c1-7(2)18-6-8(16)5-9(18)10(19)17-11(3-4-11)12(13,14)15/h5-7H,3-4,16H2,1-2H3,(H,17,19). The molecular formula is C12H16F3N3O. The van der Waals surface area contributed by atoms with Gasteiger partial charge in [0.05, 0.1) is 5.69 Å². The average Bonchev–Trinajstić information content (AvgIpc) is 2.93. The van der Waals surface area contributed by atoms with Crippen molar-refractivity contribution < 1.29 is 18.0 Å². The minimum Gasteiger partial charge on any atom is -0.397 e. The van der Waals surface area contributed by atoms with Crippen molar-refractivity contribution in [3.63, 3.8) is 0 Å². The normalized spacial score (nSPS) is 17.6. The molecule has 0 bridgehead atoms. The van der Waals surface area contributed by atoms with E-state index in [4.69, 9.17) is 5.73 Å². The Morgan fingerprint density at radius 3 is 2.47 bits per heavy atom. The maximum absolute atomic E-state index is 12.8. The number of nitrogens with one attached hydrogen (secondary N) is 1. The van der Waals surface area contributed by atoms with Crippen LogP contribution in [0.3, 0.4) is 0 Å². The van der Waals surface area contributed by atoms with Crippen molar-refractivity contribution in [3.05, 3.63) is 18.0 Å². The zero-order valence-electron chi connectivity index (χ0n) is 10.7. The highest BCUT2D eigenvalue weighted by atomic mass is 19.4. The zero-order valence-corrected chi connectivity index (χ0v) is 10.7. The van der Waals surface area contributed by atoms with Gasteiger partial charge in [-0.05, 0) is 32.8 Å². The smallest absolute Gasteiger partial charge is 0.397 e. The summed E-state index contributed by atoms with van der Waals surface area (Å²) in [6, 6.07) is 1.33. The summed E-state index contributed by atoms with van der Waals surface area (Å²) >= 11 is 0. The van der Waals surface area contributed by atoms with E-state index in [9.17, 15) is 18.0 Å². The van der Waals surface area contributed by atoms with E-state index in [-0.39, 0.29) is 24.6 Å². The van der Waals surface area contributed by atoms with E-state index in [2.05, 4.69) is 5.32 Å². The van der Waals surface area contributed by atoms with Crippen molar-refractivity contribution in [3.8, 4) is 0 Å². The molecule has 0 unspecified atom stereocenters. The Morgan fingerprint density at radius 2 is 2.05 bits per heavy atom. The summed E-state index contributed by atoms with van der Waals surface area (Å²) in [5.74, 6) is -0.736. The van der Waals surface area contributed by atoms with Crippen LogP contribution >= 0.6 is 0 Å². The molecule has 7 heteroatoms. The monoisotopic (exact) mass is 275 g/mol. The summed E-state index contributed by atoms with van der Waals surface area (Å²) in [4.78, 5) is 12.0. The second kappa shape index (κ2) is 4.18. The van der Waals surface area contributed by atoms with E-state index >= 15 is 0 Å². The molecular weight excluding hydrogens is 259 g/mol. The average molecular weight is 275 g/mol. The fourth-order valence-electron chi connectivity index (χ4n) is 2.00. The van der Waals surface area contributed by atoms with Crippen LogP contribution in [0, 0.1) is 0 Å². The lowest BCUT2D eigenvalue weighted by molar-refractivity contribution is -0.163. The number of halogens is 3. The fraction of sp³-hybridized carbons (Fsp3) is 0.583. The lowest BCUT2D eigenvalue weighted by Gasteiger charge is -2.21. The summed E-state index contributed by atoms with van der Waals surface area (Å²) in [7, 11) is 0. The number of hydrogen-bond acceptors (Lipinski definition) is 2. The molecule has 3 N–H and O–H groups in total. The van der Waals surface area contributed by atoms with Crippen LogP contribution in [0.1, 0.15) is 43.2 Å². The predicted molar refractivity (Wildman–Crippen MR) is 64.7 cm³/mol. The van der Waals surface area contributed by atoms with Crippen molar-refractivity contribution >= 4 is 11.6 Å². The van der Waals surface area contributed by atoms with Crippen molar-refractivity contribution in [2.75, 3.05) is 5.73 Å². The Balaban J connectivity index is 2.22. The highest BCUT2D eigenvalue weighted by Crippen LogP contribution is 2.49. The summed E-state index contributed by atoms with van der Waals surface area (Å²) in [5, 5.41) is 2.09. The molecule has 2 rings (SSSR count). The molecule has 1 fully saturated rings. The van der Waals surface area contributed by atoms with E-state index in [1.807, 2.05) is 13.8 Å². The molecule has 1 saturated carbocycles. The van der Waals surface area contributed by atoms with Gasteiger partial charge in [-0.3, -0.25) is 4.79 Å². The van der Waals surface area contributed by atoms with Crippen LogP contribution in [-0.2, 0) is 0 Å². The second-order valence-electron chi connectivity index (χ2n) is 5.19. The molecule has 1 aromatic heterocycles. The lowest BCUT2D eigenvalue weighted by Crippen LogP contribution is -2.48. The van der Waals surface area contributed by atoms with Crippen LogP contribution in [0.4, 0.5) is 18.9 Å². The van der Waals surface area contributed by atoms with Crippen molar-refractivity contribution in [2.24, 2.45) is 0 Å². The summed E-state index contributed by atoms with van der Waals surface area (Å²) in [6.45, 7) is 3.65. The molecule has 1 amide bonds. The molecule has 0 saturated heterocycles. The first-order valence-corrected chi connectivity index (χ1v) is 6.03. The predicted octanol–water partition coefficient (Wildman–Crippen LogP) is 2.48. The van der Waals surface area contributed by atoms with Gasteiger partial charge in [-0.25, -0.2) is 0 Å². The van der Waals surface area contributed by atoms with Crippen molar-refractivity contribution in [1.29, 1.82) is 0 Å². The number of carbonyl (C=O) groups excluding carboxylic acids is 1. The van der Waals surface area contributed by atoms with E-state index in [0.29, 0.717) is 5.69 Å². The van der Waals surface area contributed by atoms with Gasteiger partial charge in [0.25, 0.3) is 5.91 Å². The van der Waals surface area contributed by atoms with Crippen LogP contribution < -0.4 is 11.1 Å². The molecule has 0 spiro atoms. The number of nitrogen functional groups attached to an aromatic ring is 1. The SMILES string of the molecule is CC(C)n1cc(N)cc1C(=O)NC1(C(F)(F)F)CC1. The summed E-state index contributed by atoms with van der Waals surface area (Å²) in [5.41, 5.74) is 4.06. The van der Waals surface area contributed by atoms with E-state index < -0.39 is 17.6 Å². The molecule has 1 aliphatic rings. The number of alkyl halides is 3. The van der Waals surface area contributed by atoms with Crippen LogP contribution in [0.2, 0.25) is 0 Å². The number of anilines is 1. The first-order chi connectivity index (χ1) is 8.66. The molecule has 0 aromatic carbocycles. The zero-order chi connectivity index (χ0) is 14.4. The molecule has 19 heavy (non-hydrogen) atoms. The molecule has 106 valence electrons. The Labute approximate surface area is 108 Å². The van der Waals surface area contributed by atoms with Crippen LogP contribution in [-0.4, -0.2) is 22.2 Å². The van der Waals surface area contributed by atoms with Gasteiger partial charge < -0.3 is 15.6 Å². The Kier molecular flexibility index (Phi) is 3.03. The topological polar surface area (TPSA) is 60.0 Å². The number of aromatic nitrogens is 1. The first-order valence-electron chi connectivity index (χ1n) is 6.03. The molecule has 1 aromatic rings. The Morgan fingerprint density at radius 1 is 1.47 bits per heavy atom. The summed E-state index contributed by atoms with van der Waals surface area (Å²) in [6.07, 6.45) is -3.00. The highest BCUT2D eigenvalue weighted by Gasteiger charge is 2.64. The van der Waals surface area contributed by atoms with E-state index in [1.165, 1.54) is 6.07 Å². The van der Waals surface area contributed by atoms with E-state index in [0.717, 1.165) is 0 Å². The van der Waals surface area contributed by atoms with Crippen LogP contribution in [0.5, 0.6) is 0 Å². The van der Waals surface area contributed by atoms with Gasteiger partial charge in [0.2, 0.25) is 0 Å². The van der Waals surface area contributed by atoms with Gasteiger partial charge in [0.1, 0.15) is 11.2 Å². The van der Waals surface area contributed by atoms with Gasteiger partial charge in [-0.15, -0.1) is 0 Å². The van der Waals surface area contributed by atoms with E-state index in [1.54, 1.807) is 10.8 Å². The van der Waals surface area contributed by atoms with Gasteiger partial charge in [-0.2, -0.15) is 13.2 Å². The second-order valence-corrected chi connectivity index (χ2v) is 5.19. The number of hydrogen-bond donors (Lipinski definition) is 2. The molecule has 0 atom stereocenters. The largest absolute Gasteiger partial charge is 0.411 e. The molecule has 0 radical (unpaired) electrons. The van der Waals surface area contributed by atoms with Crippen molar-refractivity contribution in [2.45, 2.75) is 44.4 Å². The highest BCUT2D eigenvalue weighted by molar-refractivity contribution is 5.94. The maximum Gasteiger partial charge on any atom is 0.411 e. The number of nitrogens with two attached hydrogens (primary N) is 1. The third-order valence-corrected chi connectivity index (χ3v) is 3.30. The maximum atomic E-state index is 12.8. The third-order valence-electron chi connectivity index (χ3n) is 3.30. The van der Waals surface area contributed by atoms with Gasteiger partial charge in [0, 0.05) is 12.2 Å². The van der Waals surface area contributed by atoms with Crippen LogP contribution in [0.15, 0.2) is 12.3 Å². The number of rotatable bonds is 3. The molecule has 4 nitrogen and oxygen atoms in total. The molecule has 0 aliphatic heterocycles. The van der Waals surface area contributed by atoms with Crippen molar-refractivity contribution in [1.82, 2.24) is 9.88 Å². The molecule has 1 heterocycles. The third kappa shape index (κ3) is 2.41. The van der Waals surface area contributed by atoms with Crippen LogP contribution in [0.25, 0.3) is 0 Å². The number of carbonyl (C=O) groups is 1. The van der Waals surface area contributed by atoms with Gasteiger partial charge >= 0.3 is 6.18 Å². The van der Waals surface area contributed by atoms with Gasteiger partial charge in [-0.1, -0.05) is 0 Å². The minimum atomic E-state index is -4.41. The fourth-order valence-corrected chi connectivity index (χ4v) is 2.00. The Bertz CT molecular complexity index is 501. The lowest BCUT2D eigenvalue weighted by atomic mass is 10.2. The first kappa shape index (κ1) is 13.8.